The zero-order valence-electron chi connectivity index (χ0n) is 15.6. The maximum atomic E-state index is 13.4. The lowest BCUT2D eigenvalue weighted by molar-refractivity contribution is -0.140. The number of hydrogen-bond donors (Lipinski definition) is 1. The van der Waals surface area contributed by atoms with Gasteiger partial charge >= 0.3 is 6.18 Å². The standard InChI is InChI=1S/C19H21F3N4O2/c1-4-5-13-10-26(11(2)12-6-7-12)18(27)17(23-13)24-14-8-9-15(28-3)25-16(14)19(20,21)22/h4,8-12H,1,5-7H2,2-3H3,(H,23,24)/t11-/m1/s1. The summed E-state index contributed by atoms with van der Waals surface area (Å²) in [6.45, 7) is 5.59. The first-order valence-corrected chi connectivity index (χ1v) is 8.86. The van der Waals surface area contributed by atoms with Crippen molar-refractivity contribution in [2.75, 3.05) is 12.4 Å². The van der Waals surface area contributed by atoms with E-state index in [9.17, 15) is 18.0 Å². The average Bonchev–Trinajstić information content (AvgIpc) is 3.48. The normalized spacial score (nSPS) is 15.2. The molecule has 0 aromatic carbocycles. The van der Waals surface area contributed by atoms with Crippen LogP contribution in [0.4, 0.5) is 24.7 Å². The molecule has 0 amide bonds. The number of halogens is 3. The number of rotatable bonds is 7. The molecule has 0 radical (unpaired) electrons. The van der Waals surface area contributed by atoms with Crippen LogP contribution in [0.15, 0.2) is 35.8 Å². The van der Waals surface area contributed by atoms with E-state index in [0.717, 1.165) is 12.8 Å². The van der Waals surface area contributed by atoms with Crippen molar-refractivity contribution in [2.45, 2.75) is 38.4 Å². The van der Waals surface area contributed by atoms with Crippen molar-refractivity contribution < 1.29 is 17.9 Å². The predicted molar refractivity (Wildman–Crippen MR) is 98.9 cm³/mol. The first kappa shape index (κ1) is 19.9. The maximum Gasteiger partial charge on any atom is 0.435 e. The Morgan fingerprint density at radius 1 is 1.39 bits per heavy atom. The molecule has 0 unspecified atom stereocenters. The van der Waals surface area contributed by atoms with Crippen LogP contribution in [0.5, 0.6) is 5.88 Å². The second-order valence-electron chi connectivity index (χ2n) is 6.74. The molecule has 0 bridgehead atoms. The number of nitrogens with zero attached hydrogens (tertiary/aromatic N) is 3. The van der Waals surface area contributed by atoms with Crippen molar-refractivity contribution >= 4 is 11.5 Å². The van der Waals surface area contributed by atoms with Gasteiger partial charge in [0.25, 0.3) is 5.56 Å². The molecular weight excluding hydrogens is 373 g/mol. The van der Waals surface area contributed by atoms with E-state index in [-0.39, 0.29) is 23.4 Å². The number of pyridine rings is 1. The van der Waals surface area contributed by atoms with E-state index < -0.39 is 17.4 Å². The van der Waals surface area contributed by atoms with Crippen molar-refractivity contribution in [1.82, 2.24) is 14.5 Å². The van der Waals surface area contributed by atoms with Gasteiger partial charge in [0.1, 0.15) is 0 Å². The molecule has 2 aromatic rings. The summed E-state index contributed by atoms with van der Waals surface area (Å²) in [7, 11) is 1.23. The highest BCUT2D eigenvalue weighted by molar-refractivity contribution is 5.60. The summed E-state index contributed by atoms with van der Waals surface area (Å²) in [5, 5.41) is 2.54. The van der Waals surface area contributed by atoms with Crippen molar-refractivity contribution in [3.63, 3.8) is 0 Å². The molecule has 0 saturated heterocycles. The summed E-state index contributed by atoms with van der Waals surface area (Å²) in [4.78, 5) is 20.6. The van der Waals surface area contributed by atoms with E-state index in [4.69, 9.17) is 4.74 Å². The minimum Gasteiger partial charge on any atom is -0.481 e. The van der Waals surface area contributed by atoms with Crippen LogP contribution in [0.1, 0.15) is 37.2 Å². The molecule has 150 valence electrons. The third-order valence-electron chi connectivity index (χ3n) is 4.68. The highest BCUT2D eigenvalue weighted by Crippen LogP contribution is 2.39. The quantitative estimate of drug-likeness (QED) is 0.716. The van der Waals surface area contributed by atoms with Gasteiger partial charge in [-0.1, -0.05) is 6.08 Å². The van der Waals surface area contributed by atoms with Crippen molar-refractivity contribution in [3.05, 3.63) is 52.7 Å². The van der Waals surface area contributed by atoms with E-state index in [2.05, 4.69) is 21.9 Å². The summed E-state index contributed by atoms with van der Waals surface area (Å²) in [5.41, 5.74) is -1.47. The fourth-order valence-electron chi connectivity index (χ4n) is 3.00. The van der Waals surface area contributed by atoms with Crippen LogP contribution in [0.2, 0.25) is 0 Å². The van der Waals surface area contributed by atoms with Crippen LogP contribution in [-0.2, 0) is 12.6 Å². The SMILES string of the molecule is C=CCc1cn([C@H](C)C2CC2)c(=O)c(Nc2ccc(OC)nc2C(F)(F)F)n1. The summed E-state index contributed by atoms with van der Waals surface area (Å²) in [5.74, 6) is 0.0354. The van der Waals surface area contributed by atoms with Crippen LogP contribution in [0, 0.1) is 5.92 Å². The second kappa shape index (κ2) is 7.65. The molecule has 0 aliphatic heterocycles. The predicted octanol–water partition coefficient (Wildman–Crippen LogP) is 4.11. The number of hydrogen-bond acceptors (Lipinski definition) is 5. The Kier molecular flexibility index (Phi) is 5.44. The third kappa shape index (κ3) is 4.18. The fraction of sp³-hybridized carbons (Fsp3) is 0.421. The number of alkyl halides is 3. The molecule has 1 N–H and O–H groups in total. The second-order valence-corrected chi connectivity index (χ2v) is 6.74. The minimum absolute atomic E-state index is 0.0595. The Morgan fingerprint density at radius 3 is 2.68 bits per heavy atom. The molecule has 0 spiro atoms. The molecule has 2 aromatic heterocycles. The lowest BCUT2D eigenvalue weighted by Gasteiger charge is -2.18. The van der Waals surface area contributed by atoms with E-state index in [1.165, 1.54) is 23.8 Å². The van der Waals surface area contributed by atoms with Gasteiger partial charge in [-0.25, -0.2) is 9.97 Å². The van der Waals surface area contributed by atoms with Gasteiger partial charge in [0, 0.05) is 24.7 Å². The van der Waals surface area contributed by atoms with Crippen LogP contribution >= 0.6 is 0 Å². The van der Waals surface area contributed by atoms with E-state index in [0.29, 0.717) is 18.0 Å². The highest BCUT2D eigenvalue weighted by Gasteiger charge is 2.37. The molecule has 1 atom stereocenters. The Hall–Kier alpha value is -2.84. The number of anilines is 2. The Labute approximate surface area is 160 Å². The molecule has 1 saturated carbocycles. The fourth-order valence-corrected chi connectivity index (χ4v) is 3.00. The van der Waals surface area contributed by atoms with Crippen LogP contribution in [-0.4, -0.2) is 21.6 Å². The Bertz CT molecular complexity index is 936. The average molecular weight is 394 g/mol. The van der Waals surface area contributed by atoms with Gasteiger partial charge < -0.3 is 14.6 Å². The molecule has 1 aliphatic rings. The number of nitrogens with one attached hydrogen (secondary N) is 1. The Balaban J connectivity index is 2.06. The number of ether oxygens (including phenoxy) is 1. The summed E-state index contributed by atoms with van der Waals surface area (Å²) in [6.07, 6.45) is 0.982. The lowest BCUT2D eigenvalue weighted by atomic mass is 10.2. The van der Waals surface area contributed by atoms with Gasteiger partial charge in [-0.2, -0.15) is 13.2 Å². The number of allylic oxidation sites excluding steroid dienone is 1. The van der Waals surface area contributed by atoms with Crippen molar-refractivity contribution in [2.24, 2.45) is 5.92 Å². The minimum atomic E-state index is -4.73. The van der Waals surface area contributed by atoms with Crippen LogP contribution in [0.3, 0.4) is 0 Å². The molecular formula is C19H21F3N4O2. The zero-order valence-corrected chi connectivity index (χ0v) is 15.6. The van der Waals surface area contributed by atoms with E-state index >= 15 is 0 Å². The van der Waals surface area contributed by atoms with Gasteiger partial charge in [0.2, 0.25) is 5.88 Å². The zero-order chi connectivity index (χ0) is 20.5. The van der Waals surface area contributed by atoms with Crippen LogP contribution < -0.4 is 15.6 Å². The molecule has 6 nitrogen and oxygen atoms in total. The topological polar surface area (TPSA) is 69.0 Å². The largest absolute Gasteiger partial charge is 0.481 e. The van der Waals surface area contributed by atoms with E-state index in [1.54, 1.807) is 12.3 Å². The molecule has 1 aliphatic carbocycles. The monoisotopic (exact) mass is 394 g/mol. The first-order chi connectivity index (χ1) is 13.2. The molecule has 28 heavy (non-hydrogen) atoms. The van der Waals surface area contributed by atoms with Gasteiger partial charge in [-0.3, -0.25) is 4.79 Å². The third-order valence-corrected chi connectivity index (χ3v) is 4.68. The van der Waals surface area contributed by atoms with Crippen molar-refractivity contribution in [3.8, 4) is 5.88 Å². The van der Waals surface area contributed by atoms with Gasteiger partial charge in [-0.15, -0.1) is 6.58 Å². The number of aromatic nitrogens is 3. The lowest BCUT2D eigenvalue weighted by Crippen LogP contribution is -2.28. The van der Waals surface area contributed by atoms with Crippen LogP contribution in [0.25, 0.3) is 0 Å². The summed E-state index contributed by atoms with van der Waals surface area (Å²) < 4.78 is 46.6. The van der Waals surface area contributed by atoms with Gasteiger partial charge in [-0.05, 0) is 31.7 Å². The summed E-state index contributed by atoms with van der Waals surface area (Å²) in [6, 6.07) is 2.40. The van der Waals surface area contributed by atoms with Gasteiger partial charge in [0.05, 0.1) is 18.5 Å². The van der Waals surface area contributed by atoms with E-state index in [1.807, 2.05) is 6.92 Å². The first-order valence-electron chi connectivity index (χ1n) is 8.86. The Morgan fingerprint density at radius 2 is 2.11 bits per heavy atom. The van der Waals surface area contributed by atoms with Gasteiger partial charge in [0.15, 0.2) is 11.5 Å². The highest BCUT2D eigenvalue weighted by atomic mass is 19.4. The molecule has 1 fully saturated rings. The smallest absolute Gasteiger partial charge is 0.435 e. The molecule has 2 heterocycles. The summed E-state index contributed by atoms with van der Waals surface area (Å²) >= 11 is 0. The maximum absolute atomic E-state index is 13.4. The molecule has 9 heteroatoms. The number of methoxy groups -OCH3 is 1. The van der Waals surface area contributed by atoms with Crippen molar-refractivity contribution in [1.29, 1.82) is 0 Å². The molecule has 3 rings (SSSR count).